The van der Waals surface area contributed by atoms with Crippen LogP contribution in [0.4, 0.5) is 0 Å². The van der Waals surface area contributed by atoms with E-state index in [1.807, 2.05) is 37.3 Å². The number of nitrogens with zero attached hydrogens (tertiary/aromatic N) is 1. The van der Waals surface area contributed by atoms with E-state index >= 15 is 0 Å². The number of hydrogen-bond acceptors (Lipinski definition) is 4. The molecule has 168 valence electrons. The first-order valence-electron chi connectivity index (χ1n) is 11.0. The Balaban J connectivity index is 1.27. The lowest BCUT2D eigenvalue weighted by Gasteiger charge is -2.15. The van der Waals surface area contributed by atoms with Gasteiger partial charge in [0.15, 0.2) is 0 Å². The quantitative estimate of drug-likeness (QED) is 0.394. The number of nitrogens with one attached hydrogen (secondary N) is 1. The summed E-state index contributed by atoms with van der Waals surface area (Å²) >= 11 is 0. The van der Waals surface area contributed by atoms with Crippen molar-refractivity contribution in [2.24, 2.45) is 0 Å². The van der Waals surface area contributed by atoms with Crippen LogP contribution in [0.2, 0.25) is 0 Å². The third kappa shape index (κ3) is 5.18. The summed E-state index contributed by atoms with van der Waals surface area (Å²) in [5.41, 5.74) is 3.16. The van der Waals surface area contributed by atoms with Gasteiger partial charge in [-0.25, -0.2) is 0 Å². The van der Waals surface area contributed by atoms with E-state index < -0.39 is 0 Å². The highest BCUT2D eigenvalue weighted by molar-refractivity contribution is 6.21. The SMILES string of the molecule is CC(OCCCNC(=O)c1cccc(CN2C(=O)c3ccccc3C2=O)c1)c1ccccc1. The van der Waals surface area contributed by atoms with Gasteiger partial charge < -0.3 is 10.1 Å². The minimum absolute atomic E-state index is 0.000675. The average molecular weight is 443 g/mol. The minimum atomic E-state index is -0.310. The Hall–Kier alpha value is -3.77. The van der Waals surface area contributed by atoms with E-state index in [2.05, 4.69) is 5.32 Å². The summed E-state index contributed by atoms with van der Waals surface area (Å²) in [5.74, 6) is -0.819. The highest BCUT2D eigenvalue weighted by Gasteiger charge is 2.34. The van der Waals surface area contributed by atoms with E-state index in [4.69, 9.17) is 4.74 Å². The van der Waals surface area contributed by atoms with Crippen molar-refractivity contribution in [2.75, 3.05) is 13.2 Å². The van der Waals surface area contributed by atoms with E-state index in [0.29, 0.717) is 36.3 Å². The summed E-state index contributed by atoms with van der Waals surface area (Å²) in [5, 5.41) is 2.90. The molecule has 0 fully saturated rings. The smallest absolute Gasteiger partial charge is 0.261 e. The zero-order valence-electron chi connectivity index (χ0n) is 18.5. The molecule has 3 aromatic rings. The second-order valence-electron chi connectivity index (χ2n) is 7.98. The third-order valence-electron chi connectivity index (χ3n) is 5.65. The zero-order valence-corrected chi connectivity index (χ0v) is 18.5. The van der Waals surface area contributed by atoms with Gasteiger partial charge in [-0.3, -0.25) is 19.3 Å². The first-order chi connectivity index (χ1) is 16.0. The maximum absolute atomic E-state index is 12.6. The molecule has 33 heavy (non-hydrogen) atoms. The van der Waals surface area contributed by atoms with Crippen LogP contribution in [0.1, 0.15) is 61.6 Å². The highest BCUT2D eigenvalue weighted by atomic mass is 16.5. The average Bonchev–Trinajstić information content (AvgIpc) is 3.09. The van der Waals surface area contributed by atoms with Crippen LogP contribution in [0.15, 0.2) is 78.9 Å². The van der Waals surface area contributed by atoms with Gasteiger partial charge in [0.1, 0.15) is 0 Å². The lowest BCUT2D eigenvalue weighted by atomic mass is 10.1. The van der Waals surface area contributed by atoms with Crippen molar-refractivity contribution in [3.63, 3.8) is 0 Å². The van der Waals surface area contributed by atoms with Gasteiger partial charge in [-0.15, -0.1) is 0 Å². The molecule has 0 spiro atoms. The van der Waals surface area contributed by atoms with Gasteiger partial charge in [0.25, 0.3) is 17.7 Å². The van der Waals surface area contributed by atoms with Crippen LogP contribution in [0.3, 0.4) is 0 Å². The lowest BCUT2D eigenvalue weighted by molar-refractivity contribution is 0.0632. The zero-order chi connectivity index (χ0) is 23.2. The van der Waals surface area contributed by atoms with E-state index in [0.717, 1.165) is 11.1 Å². The number of imide groups is 1. The van der Waals surface area contributed by atoms with Gasteiger partial charge in [-0.05, 0) is 48.7 Å². The Morgan fingerprint density at radius 1 is 0.909 bits per heavy atom. The Morgan fingerprint density at radius 2 is 1.58 bits per heavy atom. The van der Waals surface area contributed by atoms with E-state index in [-0.39, 0.29) is 30.4 Å². The molecule has 1 unspecified atom stereocenters. The fraction of sp³-hybridized carbons (Fsp3) is 0.222. The summed E-state index contributed by atoms with van der Waals surface area (Å²) in [6.07, 6.45) is 0.693. The van der Waals surface area contributed by atoms with Crippen molar-refractivity contribution in [3.05, 3.63) is 107 Å². The van der Waals surface area contributed by atoms with Crippen LogP contribution < -0.4 is 5.32 Å². The molecule has 1 aliphatic heterocycles. The number of rotatable bonds is 9. The summed E-state index contributed by atoms with van der Waals surface area (Å²) in [4.78, 5) is 38.9. The number of carbonyl (C=O) groups is 3. The molecule has 3 aromatic carbocycles. The molecule has 0 radical (unpaired) electrons. The second-order valence-corrected chi connectivity index (χ2v) is 7.98. The van der Waals surface area contributed by atoms with Crippen molar-refractivity contribution >= 4 is 17.7 Å². The van der Waals surface area contributed by atoms with Crippen LogP contribution in [0.5, 0.6) is 0 Å². The number of benzene rings is 3. The molecule has 0 aliphatic carbocycles. The number of carbonyl (C=O) groups excluding carboxylic acids is 3. The Kier molecular flexibility index (Phi) is 6.95. The molecule has 0 saturated heterocycles. The predicted octanol–water partition coefficient (Wildman–Crippen LogP) is 4.38. The molecule has 6 nitrogen and oxygen atoms in total. The van der Waals surface area contributed by atoms with Crippen LogP contribution in [-0.4, -0.2) is 35.8 Å². The predicted molar refractivity (Wildman–Crippen MR) is 125 cm³/mol. The molecule has 1 aliphatic rings. The van der Waals surface area contributed by atoms with Gasteiger partial charge in [0, 0.05) is 18.7 Å². The number of ether oxygens (including phenoxy) is 1. The van der Waals surface area contributed by atoms with Crippen molar-refractivity contribution in [1.82, 2.24) is 10.2 Å². The molecule has 4 rings (SSSR count). The Labute approximate surface area is 193 Å². The monoisotopic (exact) mass is 442 g/mol. The molecule has 3 amide bonds. The molecule has 0 saturated carbocycles. The first-order valence-corrected chi connectivity index (χ1v) is 11.0. The number of hydrogen-bond donors (Lipinski definition) is 1. The van der Waals surface area contributed by atoms with Gasteiger partial charge in [0.2, 0.25) is 0 Å². The van der Waals surface area contributed by atoms with Crippen LogP contribution in [0.25, 0.3) is 0 Å². The van der Waals surface area contributed by atoms with Crippen LogP contribution in [0, 0.1) is 0 Å². The van der Waals surface area contributed by atoms with Crippen molar-refractivity contribution in [3.8, 4) is 0 Å². The van der Waals surface area contributed by atoms with E-state index in [9.17, 15) is 14.4 Å². The summed E-state index contributed by atoms with van der Waals surface area (Å²) in [6, 6.07) is 23.8. The van der Waals surface area contributed by atoms with Crippen LogP contribution in [-0.2, 0) is 11.3 Å². The van der Waals surface area contributed by atoms with Crippen molar-refractivity contribution < 1.29 is 19.1 Å². The first kappa shape index (κ1) is 22.4. The molecule has 0 aromatic heterocycles. The van der Waals surface area contributed by atoms with Gasteiger partial charge in [-0.2, -0.15) is 0 Å². The molecule has 6 heteroatoms. The third-order valence-corrected chi connectivity index (χ3v) is 5.65. The maximum Gasteiger partial charge on any atom is 0.261 e. The maximum atomic E-state index is 12.6. The van der Waals surface area contributed by atoms with Gasteiger partial charge in [0.05, 0.1) is 23.8 Å². The molecule has 1 atom stereocenters. The molecule has 0 bridgehead atoms. The molecular formula is C27H26N2O4. The normalized spacial score (nSPS) is 13.7. The molecular weight excluding hydrogens is 416 g/mol. The number of amides is 3. The highest BCUT2D eigenvalue weighted by Crippen LogP contribution is 2.24. The van der Waals surface area contributed by atoms with E-state index in [1.165, 1.54) is 4.90 Å². The summed E-state index contributed by atoms with van der Waals surface area (Å²) in [7, 11) is 0. The topological polar surface area (TPSA) is 75.7 Å². The van der Waals surface area contributed by atoms with Crippen LogP contribution >= 0.6 is 0 Å². The summed E-state index contributed by atoms with van der Waals surface area (Å²) in [6.45, 7) is 3.16. The van der Waals surface area contributed by atoms with Gasteiger partial charge in [-0.1, -0.05) is 54.6 Å². The van der Waals surface area contributed by atoms with Crippen molar-refractivity contribution in [1.29, 1.82) is 0 Å². The molecule has 1 heterocycles. The van der Waals surface area contributed by atoms with Gasteiger partial charge >= 0.3 is 0 Å². The Morgan fingerprint density at radius 3 is 2.27 bits per heavy atom. The standard InChI is InChI=1S/C27H26N2O4/c1-19(21-10-3-2-4-11-21)33-16-8-15-28-25(30)22-12-7-9-20(17-22)18-29-26(31)23-13-5-6-14-24(23)27(29)32/h2-7,9-14,17,19H,8,15-16,18H2,1H3,(H,28,30). The molecule has 1 N–H and O–H groups in total. The second kappa shape index (κ2) is 10.2. The summed E-state index contributed by atoms with van der Waals surface area (Å²) < 4.78 is 5.84. The lowest BCUT2D eigenvalue weighted by Crippen LogP contribution is -2.29. The van der Waals surface area contributed by atoms with Crippen molar-refractivity contribution in [2.45, 2.75) is 26.0 Å². The fourth-order valence-electron chi connectivity index (χ4n) is 3.83. The largest absolute Gasteiger partial charge is 0.374 e. The Bertz CT molecular complexity index is 1120. The fourth-order valence-corrected chi connectivity index (χ4v) is 3.83. The van der Waals surface area contributed by atoms with E-state index in [1.54, 1.807) is 48.5 Å². The minimum Gasteiger partial charge on any atom is -0.374 e. The number of fused-ring (bicyclic) bond motifs is 1.